The van der Waals surface area contributed by atoms with Crippen LogP contribution in [0.1, 0.15) is 39.5 Å². The van der Waals surface area contributed by atoms with Crippen LogP contribution in [0.4, 0.5) is 0 Å². The van der Waals surface area contributed by atoms with E-state index in [9.17, 15) is 9.90 Å². The molecule has 0 aromatic heterocycles. The summed E-state index contributed by atoms with van der Waals surface area (Å²) in [4.78, 5) is 12.1. The van der Waals surface area contributed by atoms with Crippen LogP contribution >= 0.6 is 0 Å². The summed E-state index contributed by atoms with van der Waals surface area (Å²) in [5, 5.41) is 19.2. The predicted octanol–water partition coefficient (Wildman–Crippen LogP) is 1.92. The Bertz CT molecular complexity index is 489. The van der Waals surface area contributed by atoms with Crippen molar-refractivity contribution in [3.8, 4) is 5.75 Å². The van der Waals surface area contributed by atoms with Crippen LogP contribution in [0.25, 0.3) is 0 Å². The van der Waals surface area contributed by atoms with Crippen molar-refractivity contribution < 1.29 is 15.0 Å². The average molecular weight is 234 g/mol. The first-order valence-electron chi connectivity index (χ1n) is 5.98. The molecule has 2 rings (SSSR count). The summed E-state index contributed by atoms with van der Waals surface area (Å²) in [5.41, 5.74) is 4.12. The summed E-state index contributed by atoms with van der Waals surface area (Å²) >= 11 is 0. The zero-order chi connectivity index (χ0) is 12.7. The van der Waals surface area contributed by atoms with E-state index >= 15 is 0 Å². The number of phenolic OH excluding ortho intramolecular Hbond substituents is 1. The van der Waals surface area contributed by atoms with Crippen molar-refractivity contribution in [3.05, 3.63) is 27.8 Å². The molecular weight excluding hydrogens is 216 g/mol. The third-order valence-electron chi connectivity index (χ3n) is 3.79. The second kappa shape index (κ2) is 4.15. The zero-order valence-corrected chi connectivity index (χ0v) is 10.5. The summed E-state index contributed by atoms with van der Waals surface area (Å²) in [6, 6.07) is 0. The minimum Gasteiger partial charge on any atom is -0.507 e. The van der Waals surface area contributed by atoms with E-state index in [4.69, 9.17) is 5.11 Å². The van der Waals surface area contributed by atoms with E-state index in [0.717, 1.165) is 22.3 Å². The number of aliphatic hydroxyl groups excluding tert-OH is 1. The van der Waals surface area contributed by atoms with Gasteiger partial charge in [0.25, 0.3) is 0 Å². The number of aromatic hydroxyl groups is 1. The molecule has 3 heteroatoms. The van der Waals surface area contributed by atoms with Crippen molar-refractivity contribution in [2.24, 2.45) is 5.92 Å². The second-order valence-corrected chi connectivity index (χ2v) is 4.87. The topological polar surface area (TPSA) is 57.5 Å². The lowest BCUT2D eigenvalue weighted by molar-refractivity contribution is 0.0945. The van der Waals surface area contributed by atoms with Crippen LogP contribution in [0, 0.1) is 19.8 Å². The number of carbonyl (C=O) groups excluding carboxylic acids is 1. The standard InChI is InChI=1S/C14H18O3/c1-7-6-11-12(13(7)16)8(2)10(4-5-15)9(3)14(11)17/h7,15,17H,4-6H2,1-3H3/t7-/m1/s1. The lowest BCUT2D eigenvalue weighted by atomic mass is 9.91. The van der Waals surface area contributed by atoms with Gasteiger partial charge in [-0.25, -0.2) is 0 Å². The molecule has 1 aromatic rings. The van der Waals surface area contributed by atoms with Gasteiger partial charge >= 0.3 is 0 Å². The van der Waals surface area contributed by atoms with Crippen molar-refractivity contribution in [2.75, 3.05) is 6.61 Å². The molecule has 3 nitrogen and oxygen atoms in total. The van der Waals surface area contributed by atoms with Gasteiger partial charge < -0.3 is 10.2 Å². The normalized spacial score (nSPS) is 18.6. The zero-order valence-electron chi connectivity index (χ0n) is 10.5. The quantitative estimate of drug-likeness (QED) is 0.822. The minimum absolute atomic E-state index is 0.0314. The van der Waals surface area contributed by atoms with Crippen LogP contribution in [-0.2, 0) is 12.8 Å². The van der Waals surface area contributed by atoms with Crippen LogP contribution in [-0.4, -0.2) is 22.6 Å². The van der Waals surface area contributed by atoms with Crippen molar-refractivity contribution in [1.82, 2.24) is 0 Å². The van der Waals surface area contributed by atoms with Crippen LogP contribution in [0.3, 0.4) is 0 Å². The lowest BCUT2D eigenvalue weighted by Gasteiger charge is -2.15. The van der Waals surface area contributed by atoms with Crippen molar-refractivity contribution in [3.63, 3.8) is 0 Å². The van der Waals surface area contributed by atoms with E-state index in [1.807, 2.05) is 20.8 Å². The number of hydrogen-bond donors (Lipinski definition) is 2. The largest absolute Gasteiger partial charge is 0.507 e. The second-order valence-electron chi connectivity index (χ2n) is 4.87. The smallest absolute Gasteiger partial charge is 0.166 e. The third-order valence-corrected chi connectivity index (χ3v) is 3.79. The summed E-state index contributed by atoms with van der Waals surface area (Å²) < 4.78 is 0. The van der Waals surface area contributed by atoms with E-state index in [1.165, 1.54) is 0 Å². The van der Waals surface area contributed by atoms with Gasteiger partial charge in [-0.15, -0.1) is 0 Å². The molecule has 0 heterocycles. The average Bonchev–Trinajstić information content (AvgIpc) is 2.59. The molecule has 1 aromatic carbocycles. The van der Waals surface area contributed by atoms with Gasteiger partial charge in [0.1, 0.15) is 5.75 Å². The van der Waals surface area contributed by atoms with Gasteiger partial charge in [0, 0.05) is 23.7 Å². The Labute approximate surface area is 101 Å². The number of ketones is 1. The van der Waals surface area contributed by atoms with Crippen LogP contribution in [0.15, 0.2) is 0 Å². The van der Waals surface area contributed by atoms with Gasteiger partial charge in [-0.05, 0) is 43.4 Å². The number of carbonyl (C=O) groups is 1. The van der Waals surface area contributed by atoms with E-state index < -0.39 is 0 Å². The van der Waals surface area contributed by atoms with E-state index in [1.54, 1.807) is 0 Å². The SMILES string of the molecule is Cc1c(O)c2c(c(C)c1CCO)C(=O)[C@H](C)C2. The van der Waals surface area contributed by atoms with Crippen molar-refractivity contribution >= 4 is 5.78 Å². The highest BCUT2D eigenvalue weighted by Crippen LogP contribution is 2.39. The summed E-state index contributed by atoms with van der Waals surface area (Å²) in [6.45, 7) is 5.68. The lowest BCUT2D eigenvalue weighted by Crippen LogP contribution is -2.08. The van der Waals surface area contributed by atoms with E-state index in [-0.39, 0.29) is 24.1 Å². The van der Waals surface area contributed by atoms with Gasteiger partial charge in [-0.1, -0.05) is 6.92 Å². The molecule has 0 amide bonds. The van der Waals surface area contributed by atoms with Crippen LogP contribution in [0.2, 0.25) is 0 Å². The fraction of sp³-hybridized carbons (Fsp3) is 0.500. The van der Waals surface area contributed by atoms with Crippen LogP contribution < -0.4 is 0 Å². The number of phenols is 1. The van der Waals surface area contributed by atoms with Gasteiger partial charge in [0.2, 0.25) is 0 Å². The molecule has 1 aliphatic rings. The molecule has 1 atom stereocenters. The number of hydrogen-bond acceptors (Lipinski definition) is 3. The Balaban J connectivity index is 2.70. The molecule has 92 valence electrons. The Hall–Kier alpha value is -1.35. The summed E-state index contributed by atoms with van der Waals surface area (Å²) in [6.07, 6.45) is 1.11. The number of aliphatic hydroxyl groups is 1. The summed E-state index contributed by atoms with van der Waals surface area (Å²) in [7, 11) is 0. The highest BCUT2D eigenvalue weighted by molar-refractivity contribution is 6.04. The number of fused-ring (bicyclic) bond motifs is 1. The van der Waals surface area contributed by atoms with Gasteiger partial charge in [-0.3, -0.25) is 4.79 Å². The molecule has 0 saturated carbocycles. The molecule has 2 N–H and O–H groups in total. The summed E-state index contributed by atoms with van der Waals surface area (Å²) in [5.74, 6) is 0.317. The van der Waals surface area contributed by atoms with E-state index in [0.29, 0.717) is 18.4 Å². The molecular formula is C14H18O3. The number of rotatable bonds is 2. The fourth-order valence-corrected chi connectivity index (χ4v) is 2.81. The fourth-order valence-electron chi connectivity index (χ4n) is 2.81. The highest BCUT2D eigenvalue weighted by atomic mass is 16.3. The van der Waals surface area contributed by atoms with Crippen molar-refractivity contribution in [2.45, 2.75) is 33.6 Å². The maximum absolute atomic E-state index is 12.1. The molecule has 0 saturated heterocycles. The molecule has 17 heavy (non-hydrogen) atoms. The van der Waals surface area contributed by atoms with Gasteiger partial charge in [0.05, 0.1) is 0 Å². The maximum Gasteiger partial charge on any atom is 0.166 e. The third kappa shape index (κ3) is 1.65. The molecule has 0 fully saturated rings. The first-order chi connectivity index (χ1) is 7.99. The molecule has 0 bridgehead atoms. The molecule has 0 spiro atoms. The molecule has 0 aliphatic heterocycles. The first-order valence-corrected chi connectivity index (χ1v) is 5.98. The number of Topliss-reactive ketones (excluding diaryl/α,β-unsaturated/α-hetero) is 1. The highest BCUT2D eigenvalue weighted by Gasteiger charge is 2.33. The molecule has 0 radical (unpaired) electrons. The monoisotopic (exact) mass is 234 g/mol. The Morgan fingerprint density at radius 1 is 1.29 bits per heavy atom. The Kier molecular flexibility index (Phi) is 2.96. The Morgan fingerprint density at radius 2 is 1.94 bits per heavy atom. The maximum atomic E-state index is 12.1. The van der Waals surface area contributed by atoms with Gasteiger partial charge in [-0.2, -0.15) is 0 Å². The van der Waals surface area contributed by atoms with E-state index in [2.05, 4.69) is 0 Å². The predicted molar refractivity (Wildman–Crippen MR) is 65.6 cm³/mol. The van der Waals surface area contributed by atoms with Gasteiger partial charge in [0.15, 0.2) is 5.78 Å². The molecule has 1 aliphatic carbocycles. The minimum atomic E-state index is -0.0432. The molecule has 0 unspecified atom stereocenters. The van der Waals surface area contributed by atoms with Crippen LogP contribution in [0.5, 0.6) is 5.75 Å². The Morgan fingerprint density at radius 3 is 2.53 bits per heavy atom. The van der Waals surface area contributed by atoms with Crippen molar-refractivity contribution in [1.29, 1.82) is 0 Å². The number of benzene rings is 1. The first kappa shape index (κ1) is 12.1.